The first-order valence-electron chi connectivity index (χ1n) is 4.82. The Bertz CT molecular complexity index is 404. The van der Waals surface area contributed by atoms with Crippen molar-refractivity contribution in [3.05, 3.63) is 29.3 Å². The van der Waals surface area contributed by atoms with E-state index in [-0.39, 0.29) is 5.92 Å². The Labute approximate surface area is 93.4 Å². The Morgan fingerprint density at radius 1 is 1.12 bits per heavy atom. The number of hydrogen-bond acceptors (Lipinski definition) is 2. The van der Waals surface area contributed by atoms with Crippen molar-refractivity contribution < 1.29 is 26.7 Å². The first-order valence-corrected chi connectivity index (χ1v) is 4.82. The summed E-state index contributed by atoms with van der Waals surface area (Å²) in [6, 6.07) is 1.74. The second-order valence-electron chi connectivity index (χ2n) is 3.72. The molecule has 0 bridgehead atoms. The molecule has 1 aromatic carbocycles. The second-order valence-corrected chi connectivity index (χ2v) is 3.72. The lowest BCUT2D eigenvalue weighted by atomic mass is 9.93. The fraction of sp³-hybridized carbons (Fsp3) is 0.400. The zero-order valence-electron chi connectivity index (χ0n) is 8.44. The van der Waals surface area contributed by atoms with Crippen LogP contribution in [0.2, 0.25) is 0 Å². The van der Waals surface area contributed by atoms with Crippen LogP contribution in [0.5, 0.6) is 5.75 Å². The summed E-state index contributed by atoms with van der Waals surface area (Å²) in [5, 5.41) is 2.90. The lowest BCUT2D eigenvalue weighted by molar-refractivity contribution is -0.276. The van der Waals surface area contributed by atoms with Crippen molar-refractivity contribution in [1.82, 2.24) is 5.32 Å². The quantitative estimate of drug-likeness (QED) is 0.818. The van der Waals surface area contributed by atoms with Crippen LogP contribution in [-0.2, 0) is 0 Å². The number of ether oxygens (including phenoxy) is 1. The van der Waals surface area contributed by atoms with E-state index in [2.05, 4.69) is 10.1 Å². The highest BCUT2D eigenvalue weighted by atomic mass is 19.4. The molecular weight excluding hydrogens is 245 g/mol. The summed E-state index contributed by atoms with van der Waals surface area (Å²) in [6.45, 7) is 1.11. The van der Waals surface area contributed by atoms with Gasteiger partial charge in [0.25, 0.3) is 0 Å². The molecule has 7 heteroatoms. The molecule has 0 aliphatic carbocycles. The minimum absolute atomic E-state index is 0.0704. The van der Waals surface area contributed by atoms with Gasteiger partial charge >= 0.3 is 6.36 Å². The number of rotatable bonds is 2. The van der Waals surface area contributed by atoms with Crippen LogP contribution in [0.25, 0.3) is 0 Å². The first kappa shape index (κ1) is 12.1. The van der Waals surface area contributed by atoms with E-state index in [0.29, 0.717) is 18.7 Å². The fourth-order valence-electron chi connectivity index (χ4n) is 1.55. The van der Waals surface area contributed by atoms with Crippen LogP contribution in [0.1, 0.15) is 11.5 Å². The van der Waals surface area contributed by atoms with Crippen LogP contribution in [0.4, 0.5) is 22.0 Å². The van der Waals surface area contributed by atoms with Crippen LogP contribution < -0.4 is 10.1 Å². The topological polar surface area (TPSA) is 21.3 Å². The smallest absolute Gasteiger partial charge is 0.399 e. The summed E-state index contributed by atoms with van der Waals surface area (Å²) in [5.41, 5.74) is 0.327. The molecule has 2 rings (SSSR count). The molecule has 0 saturated carbocycles. The van der Waals surface area contributed by atoms with Crippen molar-refractivity contribution in [3.63, 3.8) is 0 Å². The van der Waals surface area contributed by atoms with Gasteiger partial charge in [-0.05, 0) is 17.7 Å². The summed E-state index contributed by atoms with van der Waals surface area (Å²) < 4.78 is 65.5. The molecule has 0 unspecified atom stereocenters. The minimum atomic E-state index is -5.11. The van der Waals surface area contributed by atoms with Gasteiger partial charge in [-0.15, -0.1) is 13.2 Å². The van der Waals surface area contributed by atoms with Gasteiger partial charge in [0, 0.05) is 19.0 Å². The van der Waals surface area contributed by atoms with Crippen LogP contribution in [0, 0.1) is 11.6 Å². The maximum absolute atomic E-state index is 13.3. The van der Waals surface area contributed by atoms with Gasteiger partial charge in [0.1, 0.15) is 0 Å². The largest absolute Gasteiger partial charge is 0.573 e. The molecule has 1 aliphatic rings. The zero-order valence-corrected chi connectivity index (χ0v) is 8.44. The molecule has 0 aromatic heterocycles. The predicted molar refractivity (Wildman–Crippen MR) is 48.7 cm³/mol. The van der Waals surface area contributed by atoms with Gasteiger partial charge in [0.2, 0.25) is 5.75 Å². The molecule has 0 radical (unpaired) electrons. The predicted octanol–water partition coefficient (Wildman–Crippen LogP) is 2.55. The molecule has 0 atom stereocenters. The summed E-state index contributed by atoms with van der Waals surface area (Å²) >= 11 is 0. The molecule has 94 valence electrons. The van der Waals surface area contributed by atoms with E-state index in [1.165, 1.54) is 0 Å². The molecule has 17 heavy (non-hydrogen) atoms. The Kier molecular flexibility index (Phi) is 2.94. The third-order valence-electron chi connectivity index (χ3n) is 2.49. The lowest BCUT2D eigenvalue weighted by Crippen LogP contribution is -2.40. The molecule has 1 fully saturated rings. The van der Waals surface area contributed by atoms with E-state index in [9.17, 15) is 22.0 Å². The number of alkyl halides is 3. The summed E-state index contributed by atoms with van der Waals surface area (Å²) in [4.78, 5) is 0. The zero-order chi connectivity index (χ0) is 12.6. The third kappa shape index (κ3) is 2.66. The van der Waals surface area contributed by atoms with Gasteiger partial charge in [-0.1, -0.05) is 0 Å². The fourth-order valence-corrected chi connectivity index (χ4v) is 1.55. The van der Waals surface area contributed by atoms with Gasteiger partial charge in [-0.3, -0.25) is 0 Å². The monoisotopic (exact) mass is 253 g/mol. The van der Waals surface area contributed by atoms with Crippen LogP contribution in [-0.4, -0.2) is 19.5 Å². The van der Waals surface area contributed by atoms with Crippen molar-refractivity contribution in [1.29, 1.82) is 0 Å². The number of halogens is 5. The van der Waals surface area contributed by atoms with E-state index in [4.69, 9.17) is 0 Å². The minimum Gasteiger partial charge on any atom is -0.399 e. The number of benzene rings is 1. The Morgan fingerprint density at radius 2 is 1.65 bits per heavy atom. The molecule has 1 N–H and O–H groups in total. The van der Waals surface area contributed by atoms with E-state index >= 15 is 0 Å². The average molecular weight is 253 g/mol. The van der Waals surface area contributed by atoms with Crippen molar-refractivity contribution in [3.8, 4) is 5.75 Å². The molecule has 0 spiro atoms. The first-order chi connectivity index (χ1) is 7.87. The van der Waals surface area contributed by atoms with Gasteiger partial charge in [0.15, 0.2) is 11.6 Å². The van der Waals surface area contributed by atoms with Crippen LogP contribution in [0.15, 0.2) is 12.1 Å². The average Bonchev–Trinajstić information content (AvgIpc) is 2.07. The summed E-state index contributed by atoms with van der Waals surface area (Å²) in [7, 11) is 0. The Hall–Kier alpha value is -1.37. The normalized spacial score (nSPS) is 16.8. The molecule has 0 amide bonds. The lowest BCUT2D eigenvalue weighted by Gasteiger charge is -2.27. The number of hydrogen-bond donors (Lipinski definition) is 1. The molecule has 1 aliphatic heterocycles. The van der Waals surface area contributed by atoms with E-state index in [1.54, 1.807) is 0 Å². The summed E-state index contributed by atoms with van der Waals surface area (Å²) in [5.74, 6) is -4.17. The molecule has 1 aromatic rings. The van der Waals surface area contributed by atoms with Crippen molar-refractivity contribution in [2.45, 2.75) is 12.3 Å². The van der Waals surface area contributed by atoms with Gasteiger partial charge in [-0.25, -0.2) is 8.78 Å². The molecular formula is C10H8F5NO. The molecule has 2 nitrogen and oxygen atoms in total. The summed E-state index contributed by atoms with van der Waals surface area (Å²) in [6.07, 6.45) is -5.11. The van der Waals surface area contributed by atoms with Gasteiger partial charge in [-0.2, -0.15) is 0 Å². The highest BCUT2D eigenvalue weighted by molar-refractivity contribution is 5.34. The van der Waals surface area contributed by atoms with Crippen molar-refractivity contribution >= 4 is 0 Å². The highest BCUT2D eigenvalue weighted by Gasteiger charge is 2.34. The standard InChI is InChI=1S/C10H8F5NO/c11-7-1-5(6-3-16-4-6)2-8(12)9(7)17-10(13,14)15/h1-2,6,16H,3-4H2. The van der Waals surface area contributed by atoms with Crippen LogP contribution in [0.3, 0.4) is 0 Å². The SMILES string of the molecule is Fc1cc(C2CNC2)cc(F)c1OC(F)(F)F. The second kappa shape index (κ2) is 4.14. The van der Waals surface area contributed by atoms with Crippen molar-refractivity contribution in [2.75, 3.05) is 13.1 Å². The van der Waals surface area contributed by atoms with E-state index in [0.717, 1.165) is 12.1 Å². The third-order valence-corrected chi connectivity index (χ3v) is 2.49. The van der Waals surface area contributed by atoms with E-state index < -0.39 is 23.7 Å². The van der Waals surface area contributed by atoms with Crippen molar-refractivity contribution in [2.24, 2.45) is 0 Å². The van der Waals surface area contributed by atoms with Gasteiger partial charge < -0.3 is 10.1 Å². The Balaban J connectivity index is 2.28. The maximum atomic E-state index is 13.3. The molecule has 1 heterocycles. The number of nitrogens with one attached hydrogen (secondary N) is 1. The van der Waals surface area contributed by atoms with E-state index in [1.807, 2.05) is 0 Å². The molecule has 1 saturated heterocycles. The maximum Gasteiger partial charge on any atom is 0.573 e. The highest BCUT2D eigenvalue weighted by Crippen LogP contribution is 2.32. The van der Waals surface area contributed by atoms with Crippen LogP contribution >= 0.6 is 0 Å². The Morgan fingerprint density at radius 3 is 2.00 bits per heavy atom. The van der Waals surface area contributed by atoms with Gasteiger partial charge in [0.05, 0.1) is 0 Å².